The predicted molar refractivity (Wildman–Crippen MR) is 134 cm³/mol. The van der Waals surface area contributed by atoms with E-state index in [1.165, 1.54) is 11.1 Å². The minimum absolute atomic E-state index is 0.949. The maximum atomic E-state index is 5.21. The molecule has 0 unspecified atom stereocenters. The van der Waals surface area contributed by atoms with Gasteiger partial charge < -0.3 is 0 Å². The van der Waals surface area contributed by atoms with E-state index in [2.05, 4.69) is 125 Å². The van der Waals surface area contributed by atoms with Crippen molar-refractivity contribution in [2.75, 3.05) is 0 Å². The number of halogens is 1. The van der Waals surface area contributed by atoms with Crippen LogP contribution >= 0.6 is 15.9 Å². The molecule has 0 N–H and O–H groups in total. The fourth-order valence-corrected chi connectivity index (χ4v) is 4.39. The summed E-state index contributed by atoms with van der Waals surface area (Å²) >= 11 is 3.72. The number of aromatic nitrogens is 1. The molecule has 0 aliphatic carbocycles. The van der Waals surface area contributed by atoms with E-state index in [0.29, 0.717) is 0 Å². The van der Waals surface area contributed by atoms with E-state index >= 15 is 0 Å². The molecule has 0 amide bonds. The summed E-state index contributed by atoms with van der Waals surface area (Å²) in [6, 6.07) is 42.0. The van der Waals surface area contributed by atoms with Crippen LogP contribution < -0.4 is 0 Å². The lowest BCUT2D eigenvalue weighted by atomic mass is 9.89. The number of hydrogen-bond acceptors (Lipinski definition) is 1. The summed E-state index contributed by atoms with van der Waals surface area (Å²) in [7, 11) is 0. The number of benzene rings is 4. The van der Waals surface area contributed by atoms with Gasteiger partial charge >= 0.3 is 0 Å². The molecule has 5 aromatic rings. The third-order valence-corrected chi connectivity index (χ3v) is 6.06. The van der Waals surface area contributed by atoms with Crippen LogP contribution in [-0.2, 0) is 0 Å². The molecule has 1 nitrogen and oxygen atoms in total. The molecule has 0 aliphatic heterocycles. The van der Waals surface area contributed by atoms with Gasteiger partial charge in [-0.25, -0.2) is 4.98 Å². The molecule has 0 bridgehead atoms. The first kappa shape index (κ1) is 19.5. The minimum Gasteiger partial charge on any atom is -0.247 e. The fraction of sp³-hybridized carbons (Fsp3) is 0. The Morgan fingerprint density at radius 3 is 1.61 bits per heavy atom. The van der Waals surface area contributed by atoms with Crippen LogP contribution in [0.5, 0.6) is 0 Å². The highest BCUT2D eigenvalue weighted by Gasteiger charge is 2.18. The molecule has 1 heterocycles. The summed E-state index contributed by atoms with van der Waals surface area (Å²) in [6.07, 6.45) is 0. The highest BCUT2D eigenvalue weighted by Crippen LogP contribution is 2.42. The lowest BCUT2D eigenvalue weighted by molar-refractivity contribution is 1.32. The van der Waals surface area contributed by atoms with E-state index in [4.69, 9.17) is 4.98 Å². The minimum atomic E-state index is 0.949. The molecule has 0 saturated carbocycles. The van der Waals surface area contributed by atoms with E-state index in [1.54, 1.807) is 0 Å². The Labute approximate surface area is 191 Å². The van der Waals surface area contributed by atoms with Gasteiger partial charge in [-0.15, -0.1) is 0 Å². The van der Waals surface area contributed by atoms with Crippen LogP contribution in [0.25, 0.3) is 44.8 Å². The summed E-state index contributed by atoms with van der Waals surface area (Å²) in [5.41, 5.74) is 8.77. The molecular weight excluding hydrogens is 442 g/mol. The van der Waals surface area contributed by atoms with E-state index in [1.807, 2.05) is 12.1 Å². The van der Waals surface area contributed by atoms with Gasteiger partial charge in [0.25, 0.3) is 0 Å². The monoisotopic (exact) mass is 461 g/mol. The Bertz CT molecular complexity index is 1250. The van der Waals surface area contributed by atoms with Crippen molar-refractivity contribution >= 4 is 15.9 Å². The standard InChI is InChI=1S/C29H20BrN/c30-26-19-11-10-18-24(26)27-20-25(21-12-4-1-5-13-21)28(22-14-6-2-7-15-22)29(31-27)23-16-8-3-9-17-23/h1-20H. The van der Waals surface area contributed by atoms with Crippen molar-refractivity contribution in [3.8, 4) is 44.8 Å². The summed E-state index contributed by atoms with van der Waals surface area (Å²) in [4.78, 5) is 5.21. The van der Waals surface area contributed by atoms with Crippen molar-refractivity contribution in [1.82, 2.24) is 4.98 Å². The van der Waals surface area contributed by atoms with Gasteiger partial charge in [-0.3, -0.25) is 0 Å². The molecule has 31 heavy (non-hydrogen) atoms. The van der Waals surface area contributed by atoms with Gasteiger partial charge in [0, 0.05) is 21.2 Å². The second-order valence-electron chi connectivity index (χ2n) is 7.36. The molecule has 1 aromatic heterocycles. The van der Waals surface area contributed by atoms with Gasteiger partial charge in [0.15, 0.2) is 0 Å². The van der Waals surface area contributed by atoms with Crippen LogP contribution in [0.2, 0.25) is 0 Å². The van der Waals surface area contributed by atoms with Gasteiger partial charge in [0.05, 0.1) is 11.4 Å². The Morgan fingerprint density at radius 2 is 1.00 bits per heavy atom. The second-order valence-corrected chi connectivity index (χ2v) is 8.21. The van der Waals surface area contributed by atoms with Crippen LogP contribution in [0.15, 0.2) is 126 Å². The van der Waals surface area contributed by atoms with Crippen LogP contribution in [-0.4, -0.2) is 4.98 Å². The lowest BCUT2D eigenvalue weighted by Gasteiger charge is -2.18. The number of pyridine rings is 1. The molecule has 0 aliphatic rings. The Morgan fingerprint density at radius 1 is 0.484 bits per heavy atom. The van der Waals surface area contributed by atoms with Gasteiger partial charge in [0.1, 0.15) is 0 Å². The van der Waals surface area contributed by atoms with Crippen LogP contribution in [0.1, 0.15) is 0 Å². The zero-order valence-electron chi connectivity index (χ0n) is 16.9. The first-order valence-electron chi connectivity index (χ1n) is 10.3. The average molecular weight is 462 g/mol. The summed E-state index contributed by atoms with van der Waals surface area (Å²) in [6.45, 7) is 0. The third kappa shape index (κ3) is 3.95. The van der Waals surface area contributed by atoms with E-state index in [-0.39, 0.29) is 0 Å². The molecule has 0 radical (unpaired) electrons. The zero-order chi connectivity index (χ0) is 21.0. The SMILES string of the molecule is Brc1ccccc1-c1cc(-c2ccccc2)c(-c2ccccc2)c(-c2ccccc2)n1. The van der Waals surface area contributed by atoms with Crippen molar-refractivity contribution in [3.63, 3.8) is 0 Å². The van der Waals surface area contributed by atoms with Crippen LogP contribution in [0, 0.1) is 0 Å². The Balaban J connectivity index is 1.89. The molecule has 0 atom stereocenters. The largest absolute Gasteiger partial charge is 0.247 e. The van der Waals surface area contributed by atoms with E-state index in [9.17, 15) is 0 Å². The highest BCUT2D eigenvalue weighted by molar-refractivity contribution is 9.10. The Kier molecular flexibility index (Phi) is 5.47. The predicted octanol–water partition coefficient (Wildman–Crippen LogP) is 8.51. The first-order valence-corrected chi connectivity index (χ1v) is 11.1. The van der Waals surface area contributed by atoms with Crippen LogP contribution in [0.4, 0.5) is 0 Å². The van der Waals surface area contributed by atoms with E-state index < -0.39 is 0 Å². The summed E-state index contributed by atoms with van der Waals surface area (Å²) < 4.78 is 1.04. The molecule has 2 heteroatoms. The highest BCUT2D eigenvalue weighted by atomic mass is 79.9. The van der Waals surface area contributed by atoms with Crippen molar-refractivity contribution in [2.24, 2.45) is 0 Å². The Hall–Kier alpha value is -3.49. The van der Waals surface area contributed by atoms with Gasteiger partial charge in [-0.1, -0.05) is 125 Å². The van der Waals surface area contributed by atoms with Crippen molar-refractivity contribution in [3.05, 3.63) is 126 Å². The summed E-state index contributed by atoms with van der Waals surface area (Å²) in [5, 5.41) is 0. The fourth-order valence-electron chi connectivity index (χ4n) is 3.90. The van der Waals surface area contributed by atoms with Gasteiger partial charge in [0.2, 0.25) is 0 Å². The number of hydrogen-bond donors (Lipinski definition) is 0. The van der Waals surface area contributed by atoms with Crippen molar-refractivity contribution in [2.45, 2.75) is 0 Å². The maximum Gasteiger partial charge on any atom is 0.0794 e. The van der Waals surface area contributed by atoms with Gasteiger partial charge in [-0.05, 0) is 28.8 Å². The number of rotatable bonds is 4. The molecular formula is C29H20BrN. The maximum absolute atomic E-state index is 5.21. The number of nitrogens with zero attached hydrogens (tertiary/aromatic N) is 1. The lowest BCUT2D eigenvalue weighted by Crippen LogP contribution is -1.97. The zero-order valence-corrected chi connectivity index (χ0v) is 18.5. The quantitative estimate of drug-likeness (QED) is 0.261. The molecule has 148 valence electrons. The van der Waals surface area contributed by atoms with Gasteiger partial charge in [-0.2, -0.15) is 0 Å². The molecule has 0 fully saturated rings. The first-order chi connectivity index (χ1) is 15.3. The molecule has 5 rings (SSSR count). The smallest absolute Gasteiger partial charge is 0.0794 e. The van der Waals surface area contributed by atoms with Crippen molar-refractivity contribution < 1.29 is 0 Å². The second kappa shape index (κ2) is 8.71. The normalized spacial score (nSPS) is 10.7. The van der Waals surface area contributed by atoms with Crippen LogP contribution in [0.3, 0.4) is 0 Å². The average Bonchev–Trinajstić information content (AvgIpc) is 2.85. The third-order valence-electron chi connectivity index (χ3n) is 5.36. The topological polar surface area (TPSA) is 12.9 Å². The van der Waals surface area contributed by atoms with Crippen molar-refractivity contribution in [1.29, 1.82) is 0 Å². The molecule has 4 aromatic carbocycles. The molecule has 0 spiro atoms. The summed E-state index contributed by atoms with van der Waals surface area (Å²) in [5.74, 6) is 0. The molecule has 0 saturated heterocycles. The van der Waals surface area contributed by atoms with E-state index in [0.717, 1.165) is 38.1 Å².